The summed E-state index contributed by atoms with van der Waals surface area (Å²) >= 11 is 12.0. The number of hydrogen-bond donors (Lipinski definition) is 2. The highest BCUT2D eigenvalue weighted by Crippen LogP contribution is 2.30. The number of aryl methyl sites for hydroxylation is 1. The number of carbonyl (C=O) groups is 2. The number of halogens is 2. The highest BCUT2D eigenvalue weighted by atomic mass is 35.5. The molecule has 2 aromatic carbocycles. The van der Waals surface area contributed by atoms with E-state index >= 15 is 0 Å². The molecule has 1 aromatic heterocycles. The highest BCUT2D eigenvalue weighted by Gasteiger charge is 2.15. The number of benzene rings is 2. The molecule has 1 amide bonds. The maximum Gasteiger partial charge on any atom is 0.335 e. The van der Waals surface area contributed by atoms with Crippen molar-refractivity contribution in [3.05, 3.63) is 81.0 Å². The molecule has 1 heterocycles. The van der Waals surface area contributed by atoms with Gasteiger partial charge in [-0.05, 0) is 48.9 Å². The van der Waals surface area contributed by atoms with Crippen LogP contribution in [-0.2, 0) is 4.79 Å². The molecule has 0 atom stereocenters. The van der Waals surface area contributed by atoms with Gasteiger partial charge in [-0.15, -0.1) is 0 Å². The lowest BCUT2D eigenvalue weighted by molar-refractivity contribution is -0.112. The molecule has 0 saturated carbocycles. The predicted octanol–water partition coefficient (Wildman–Crippen LogP) is 5.81. The number of nitrogens with zero attached hydrogens (tertiary/aromatic N) is 1. The van der Waals surface area contributed by atoms with Gasteiger partial charge in [-0.1, -0.05) is 35.3 Å². The van der Waals surface area contributed by atoms with E-state index in [-0.39, 0.29) is 32.6 Å². The Hall–Kier alpha value is -3.53. The van der Waals surface area contributed by atoms with Gasteiger partial charge in [-0.25, -0.2) is 4.79 Å². The molecule has 0 aliphatic carbocycles. The first kappa shape index (κ1) is 21.2. The van der Waals surface area contributed by atoms with Gasteiger partial charge in [-0.2, -0.15) is 5.26 Å². The van der Waals surface area contributed by atoms with Gasteiger partial charge < -0.3 is 14.8 Å². The van der Waals surface area contributed by atoms with E-state index in [1.165, 1.54) is 18.2 Å². The topological polar surface area (TPSA) is 103 Å². The minimum Gasteiger partial charge on any atom is -0.478 e. The number of rotatable bonds is 5. The van der Waals surface area contributed by atoms with Gasteiger partial charge in [0.1, 0.15) is 23.2 Å². The lowest BCUT2D eigenvalue weighted by atomic mass is 10.0. The third kappa shape index (κ3) is 4.54. The maximum absolute atomic E-state index is 12.5. The number of furan rings is 1. The summed E-state index contributed by atoms with van der Waals surface area (Å²) in [6, 6.07) is 14.5. The van der Waals surface area contributed by atoms with E-state index in [1.807, 2.05) is 13.0 Å². The smallest absolute Gasteiger partial charge is 0.335 e. The molecule has 3 aromatic rings. The van der Waals surface area contributed by atoms with Crippen LogP contribution in [0.5, 0.6) is 0 Å². The van der Waals surface area contributed by atoms with E-state index in [9.17, 15) is 20.0 Å². The van der Waals surface area contributed by atoms with Crippen LogP contribution in [0.4, 0.5) is 5.69 Å². The number of hydrogen-bond acceptors (Lipinski definition) is 4. The van der Waals surface area contributed by atoms with Crippen LogP contribution >= 0.6 is 23.2 Å². The van der Waals surface area contributed by atoms with Crippen molar-refractivity contribution in [2.75, 3.05) is 5.32 Å². The average molecular weight is 441 g/mol. The first-order valence-electron chi connectivity index (χ1n) is 8.61. The van der Waals surface area contributed by atoms with Crippen LogP contribution in [0.25, 0.3) is 17.4 Å². The van der Waals surface area contributed by atoms with E-state index in [0.29, 0.717) is 11.3 Å². The van der Waals surface area contributed by atoms with Crippen molar-refractivity contribution in [3.63, 3.8) is 0 Å². The molecule has 6 nitrogen and oxygen atoms in total. The number of nitriles is 1. The molecule has 0 fully saturated rings. The van der Waals surface area contributed by atoms with E-state index in [2.05, 4.69) is 5.32 Å². The average Bonchev–Trinajstić information content (AvgIpc) is 3.18. The Morgan fingerprint density at radius 2 is 1.93 bits per heavy atom. The lowest BCUT2D eigenvalue weighted by Gasteiger charge is -2.07. The van der Waals surface area contributed by atoms with Crippen LogP contribution in [0.2, 0.25) is 10.0 Å². The van der Waals surface area contributed by atoms with Gasteiger partial charge in [0.2, 0.25) is 0 Å². The van der Waals surface area contributed by atoms with E-state index in [1.54, 1.807) is 36.4 Å². The van der Waals surface area contributed by atoms with Gasteiger partial charge in [0.05, 0.1) is 21.3 Å². The fraction of sp³-hybridized carbons (Fsp3) is 0.0455. The molecule has 0 radical (unpaired) electrons. The fourth-order valence-corrected chi connectivity index (χ4v) is 3.02. The quantitative estimate of drug-likeness (QED) is 0.385. The number of nitrogens with one attached hydrogen (secondary N) is 1. The molecule has 0 saturated heterocycles. The number of carbonyl (C=O) groups excluding carboxylic acids is 1. The number of carboxylic acids is 1. The van der Waals surface area contributed by atoms with Crippen LogP contribution in [0.1, 0.15) is 21.7 Å². The van der Waals surface area contributed by atoms with Crippen molar-refractivity contribution in [1.82, 2.24) is 0 Å². The molecule has 2 N–H and O–H groups in total. The van der Waals surface area contributed by atoms with Crippen molar-refractivity contribution >= 4 is 46.8 Å². The van der Waals surface area contributed by atoms with Crippen molar-refractivity contribution in [3.8, 4) is 17.4 Å². The number of amides is 1. The minimum atomic E-state index is -1.05. The third-order valence-electron chi connectivity index (χ3n) is 4.23. The zero-order valence-electron chi connectivity index (χ0n) is 15.6. The summed E-state index contributed by atoms with van der Waals surface area (Å²) in [6.45, 7) is 1.82. The summed E-state index contributed by atoms with van der Waals surface area (Å²) in [5, 5.41) is 21.5. The zero-order chi connectivity index (χ0) is 21.8. The third-order valence-corrected chi connectivity index (χ3v) is 5.05. The van der Waals surface area contributed by atoms with Crippen LogP contribution in [0.3, 0.4) is 0 Å². The summed E-state index contributed by atoms with van der Waals surface area (Å²) in [6.07, 6.45) is 1.29. The monoisotopic (exact) mass is 440 g/mol. The fourth-order valence-electron chi connectivity index (χ4n) is 2.68. The molecule has 150 valence electrons. The Labute approximate surface area is 182 Å². The van der Waals surface area contributed by atoms with Crippen LogP contribution in [0, 0.1) is 18.3 Å². The molecule has 3 rings (SSSR count). The Morgan fingerprint density at radius 1 is 1.17 bits per heavy atom. The largest absolute Gasteiger partial charge is 0.478 e. The molecule has 8 heteroatoms. The summed E-state index contributed by atoms with van der Waals surface area (Å²) in [7, 11) is 0. The second kappa shape index (κ2) is 8.87. The van der Waals surface area contributed by atoms with Gasteiger partial charge in [-0.3, -0.25) is 4.79 Å². The molecule has 0 unspecified atom stereocenters. The Morgan fingerprint density at radius 3 is 2.63 bits per heavy atom. The minimum absolute atomic E-state index is 0.125. The second-order valence-corrected chi connectivity index (χ2v) is 7.05. The molecular weight excluding hydrogens is 427 g/mol. The van der Waals surface area contributed by atoms with E-state index < -0.39 is 11.9 Å². The summed E-state index contributed by atoms with van der Waals surface area (Å²) in [5.41, 5.74) is 1.61. The number of anilines is 1. The standard InChI is InChI=1S/C22H14Cl2N2O4/c1-12-5-6-13(22(28)29)10-16(12)19-8-7-15(30-19)9-14(11-25)21(27)26-18-4-2-3-17(23)20(18)24/h2-10H,1H3,(H,26,27)(H,28,29)/b14-9-. The zero-order valence-corrected chi connectivity index (χ0v) is 17.1. The lowest BCUT2D eigenvalue weighted by Crippen LogP contribution is -2.13. The van der Waals surface area contributed by atoms with Crippen LogP contribution < -0.4 is 5.32 Å². The van der Waals surface area contributed by atoms with Crippen LogP contribution in [-0.4, -0.2) is 17.0 Å². The Kier molecular flexibility index (Phi) is 6.26. The molecule has 0 aliphatic heterocycles. The Balaban J connectivity index is 1.88. The van der Waals surface area contributed by atoms with Gasteiger partial charge >= 0.3 is 5.97 Å². The maximum atomic E-state index is 12.5. The number of carboxylic acid groups (broad SMARTS) is 1. The molecule has 0 spiro atoms. The number of aromatic carboxylic acids is 1. The van der Waals surface area contributed by atoms with Crippen LogP contribution in [0.15, 0.2) is 58.5 Å². The van der Waals surface area contributed by atoms with Crippen molar-refractivity contribution < 1.29 is 19.1 Å². The van der Waals surface area contributed by atoms with Crippen molar-refractivity contribution in [2.24, 2.45) is 0 Å². The SMILES string of the molecule is Cc1ccc(C(=O)O)cc1-c1ccc(/C=C(/C#N)C(=O)Nc2cccc(Cl)c2Cl)o1. The Bertz CT molecular complexity index is 1220. The summed E-state index contributed by atoms with van der Waals surface area (Å²) < 4.78 is 5.71. The molecule has 0 bridgehead atoms. The first-order chi connectivity index (χ1) is 14.3. The van der Waals surface area contributed by atoms with Gasteiger partial charge in [0.25, 0.3) is 5.91 Å². The summed E-state index contributed by atoms with van der Waals surface area (Å²) in [5.74, 6) is -1.05. The molecular formula is C22H14Cl2N2O4. The van der Waals surface area contributed by atoms with Crippen molar-refractivity contribution in [1.29, 1.82) is 5.26 Å². The normalized spacial score (nSPS) is 11.1. The van der Waals surface area contributed by atoms with Crippen molar-refractivity contribution in [2.45, 2.75) is 6.92 Å². The molecule has 0 aliphatic rings. The first-order valence-corrected chi connectivity index (χ1v) is 9.37. The van der Waals surface area contributed by atoms with Gasteiger partial charge in [0, 0.05) is 11.6 Å². The van der Waals surface area contributed by atoms with E-state index in [0.717, 1.165) is 5.56 Å². The predicted molar refractivity (Wildman–Crippen MR) is 115 cm³/mol. The molecule has 30 heavy (non-hydrogen) atoms. The summed E-state index contributed by atoms with van der Waals surface area (Å²) in [4.78, 5) is 23.7. The van der Waals surface area contributed by atoms with E-state index in [4.69, 9.17) is 27.6 Å². The van der Waals surface area contributed by atoms with Gasteiger partial charge in [0.15, 0.2) is 0 Å². The second-order valence-electron chi connectivity index (χ2n) is 6.26. The highest BCUT2D eigenvalue weighted by molar-refractivity contribution is 6.44.